The molecule has 2 aromatic heterocycles. The van der Waals surface area contributed by atoms with Crippen LogP contribution < -0.4 is 0 Å². The lowest BCUT2D eigenvalue weighted by molar-refractivity contribution is 0.768. The van der Waals surface area contributed by atoms with E-state index in [1.807, 2.05) is 42.7 Å². The third-order valence-electron chi connectivity index (χ3n) is 12.1. The van der Waals surface area contributed by atoms with Crippen LogP contribution in [0.25, 0.3) is 78.4 Å². The molecule has 0 saturated heterocycles. The number of nitrogens with zero attached hydrogens (tertiary/aromatic N) is 3. The molecule has 0 saturated carbocycles. The van der Waals surface area contributed by atoms with Crippen LogP contribution in [0.1, 0.15) is 22.3 Å². The van der Waals surface area contributed by atoms with Gasteiger partial charge >= 0.3 is 0 Å². The Morgan fingerprint density at radius 1 is 0.295 bits per heavy atom. The van der Waals surface area contributed by atoms with Crippen molar-refractivity contribution in [2.75, 3.05) is 0 Å². The van der Waals surface area contributed by atoms with Gasteiger partial charge in [0.15, 0.2) is 5.82 Å². The van der Waals surface area contributed by atoms with E-state index in [9.17, 15) is 0 Å². The van der Waals surface area contributed by atoms with Crippen molar-refractivity contribution in [3.05, 3.63) is 259 Å². The van der Waals surface area contributed by atoms with Gasteiger partial charge in [-0.3, -0.25) is 4.98 Å². The van der Waals surface area contributed by atoms with Crippen molar-refractivity contribution in [1.82, 2.24) is 15.0 Å². The van der Waals surface area contributed by atoms with Crippen LogP contribution in [0.4, 0.5) is 0 Å². The molecule has 0 aliphatic heterocycles. The van der Waals surface area contributed by atoms with Crippen molar-refractivity contribution in [3.8, 4) is 78.4 Å². The maximum absolute atomic E-state index is 5.11. The Morgan fingerprint density at radius 3 is 1.39 bits per heavy atom. The van der Waals surface area contributed by atoms with E-state index in [4.69, 9.17) is 9.97 Å². The zero-order chi connectivity index (χ0) is 40.6. The fourth-order valence-electron chi connectivity index (χ4n) is 9.27. The average molecular weight is 778 g/mol. The second-order valence-corrected chi connectivity index (χ2v) is 15.6. The van der Waals surface area contributed by atoms with E-state index in [1.54, 1.807) is 0 Å². The summed E-state index contributed by atoms with van der Waals surface area (Å²) in [5.41, 5.74) is 19.1. The Labute approximate surface area is 356 Å². The van der Waals surface area contributed by atoms with Crippen LogP contribution in [0.15, 0.2) is 237 Å². The molecule has 286 valence electrons. The quantitative estimate of drug-likeness (QED) is 0.154. The Kier molecular flexibility index (Phi) is 9.05. The van der Waals surface area contributed by atoms with Gasteiger partial charge in [-0.2, -0.15) is 0 Å². The molecular formula is C58H39N3. The highest BCUT2D eigenvalue weighted by molar-refractivity contribution is 5.96. The minimum Gasteiger partial charge on any atom is -0.265 e. The molecule has 0 atom stereocenters. The molecule has 3 heteroatoms. The van der Waals surface area contributed by atoms with Crippen molar-refractivity contribution < 1.29 is 0 Å². The summed E-state index contributed by atoms with van der Waals surface area (Å²) in [6, 6.07) is 80.5. The molecule has 1 aliphatic rings. The molecule has 0 N–H and O–H groups in total. The number of hydrogen-bond donors (Lipinski definition) is 0. The summed E-state index contributed by atoms with van der Waals surface area (Å²) in [7, 11) is 0. The lowest BCUT2D eigenvalue weighted by Crippen LogP contribution is -2.28. The van der Waals surface area contributed by atoms with E-state index in [-0.39, 0.29) is 0 Å². The van der Waals surface area contributed by atoms with Crippen LogP contribution in [0.3, 0.4) is 0 Å². The van der Waals surface area contributed by atoms with Gasteiger partial charge < -0.3 is 0 Å². The number of benzene rings is 8. The standard InChI is InChI=1S/C58H39N3/c1-4-14-45(15-5-1)57-60-54(43-30-26-40(27-31-43)42-34-36-59-37-35-42)39-55(61-57)44-32-28-41(29-33-44)46-16-12-17-47(38-46)50-23-13-25-53-56(50)51-22-10-11-24-52(51)58(53,48-18-6-2-7-19-48)49-20-8-3-9-21-49/h1-39H. The van der Waals surface area contributed by atoms with E-state index >= 15 is 0 Å². The van der Waals surface area contributed by atoms with Gasteiger partial charge in [0.05, 0.1) is 16.8 Å². The average Bonchev–Trinajstić information content (AvgIpc) is 3.66. The van der Waals surface area contributed by atoms with Crippen LogP contribution in [-0.4, -0.2) is 15.0 Å². The molecule has 2 heterocycles. The molecule has 0 bridgehead atoms. The van der Waals surface area contributed by atoms with Gasteiger partial charge in [0.25, 0.3) is 0 Å². The third-order valence-corrected chi connectivity index (χ3v) is 12.1. The number of fused-ring (bicyclic) bond motifs is 3. The molecular weight excluding hydrogens is 739 g/mol. The second-order valence-electron chi connectivity index (χ2n) is 15.6. The molecule has 61 heavy (non-hydrogen) atoms. The van der Waals surface area contributed by atoms with E-state index in [0.717, 1.165) is 50.3 Å². The van der Waals surface area contributed by atoms with Gasteiger partial charge in [0.2, 0.25) is 0 Å². The monoisotopic (exact) mass is 777 g/mol. The summed E-state index contributed by atoms with van der Waals surface area (Å²) < 4.78 is 0. The first-order valence-corrected chi connectivity index (χ1v) is 20.7. The van der Waals surface area contributed by atoms with Crippen molar-refractivity contribution in [3.63, 3.8) is 0 Å². The highest BCUT2D eigenvalue weighted by atomic mass is 14.9. The molecule has 0 fully saturated rings. The van der Waals surface area contributed by atoms with Gasteiger partial charge in [-0.05, 0) is 91.0 Å². The minimum absolute atomic E-state index is 0.442. The zero-order valence-corrected chi connectivity index (χ0v) is 33.4. The molecule has 0 radical (unpaired) electrons. The first-order chi connectivity index (χ1) is 30.2. The largest absolute Gasteiger partial charge is 0.265 e. The van der Waals surface area contributed by atoms with Crippen molar-refractivity contribution in [2.24, 2.45) is 0 Å². The van der Waals surface area contributed by atoms with Gasteiger partial charge in [0.1, 0.15) is 0 Å². The van der Waals surface area contributed by atoms with Crippen LogP contribution in [-0.2, 0) is 5.41 Å². The highest BCUT2D eigenvalue weighted by Gasteiger charge is 2.46. The van der Waals surface area contributed by atoms with Crippen molar-refractivity contribution in [2.45, 2.75) is 5.41 Å². The van der Waals surface area contributed by atoms with Gasteiger partial charge in [-0.25, -0.2) is 9.97 Å². The Bertz CT molecular complexity index is 3100. The predicted octanol–water partition coefficient (Wildman–Crippen LogP) is 14.2. The van der Waals surface area contributed by atoms with Gasteiger partial charge in [0, 0.05) is 29.1 Å². The molecule has 0 spiro atoms. The Balaban J connectivity index is 0.975. The molecule has 3 nitrogen and oxygen atoms in total. The van der Waals surface area contributed by atoms with Crippen LogP contribution in [0, 0.1) is 0 Å². The molecule has 0 amide bonds. The SMILES string of the molecule is c1ccc(-c2nc(-c3ccc(-c4ccncc4)cc3)cc(-c3ccc(-c4cccc(-c5cccc6c5-c5ccccc5C6(c5ccccc5)c5ccccc5)c4)cc3)n2)cc1. The maximum Gasteiger partial charge on any atom is 0.160 e. The summed E-state index contributed by atoms with van der Waals surface area (Å²) in [6.07, 6.45) is 3.65. The zero-order valence-electron chi connectivity index (χ0n) is 33.4. The van der Waals surface area contributed by atoms with Gasteiger partial charge in [-0.1, -0.05) is 200 Å². The summed E-state index contributed by atoms with van der Waals surface area (Å²) in [6.45, 7) is 0. The van der Waals surface area contributed by atoms with Crippen molar-refractivity contribution in [1.29, 1.82) is 0 Å². The predicted molar refractivity (Wildman–Crippen MR) is 250 cm³/mol. The van der Waals surface area contributed by atoms with E-state index < -0.39 is 5.41 Å². The summed E-state index contributed by atoms with van der Waals surface area (Å²) in [4.78, 5) is 14.4. The summed E-state index contributed by atoms with van der Waals surface area (Å²) in [5, 5.41) is 0. The highest BCUT2D eigenvalue weighted by Crippen LogP contribution is 2.58. The molecule has 8 aromatic carbocycles. The first kappa shape index (κ1) is 36.1. The lowest BCUT2D eigenvalue weighted by atomic mass is 9.67. The van der Waals surface area contributed by atoms with E-state index in [1.165, 1.54) is 44.5 Å². The molecule has 10 aromatic rings. The molecule has 0 unspecified atom stereocenters. The van der Waals surface area contributed by atoms with Crippen LogP contribution in [0.5, 0.6) is 0 Å². The smallest absolute Gasteiger partial charge is 0.160 e. The van der Waals surface area contributed by atoms with Crippen molar-refractivity contribution >= 4 is 0 Å². The molecule has 1 aliphatic carbocycles. The van der Waals surface area contributed by atoms with Crippen LogP contribution >= 0.6 is 0 Å². The fourth-order valence-corrected chi connectivity index (χ4v) is 9.27. The third kappa shape index (κ3) is 6.35. The molecule has 11 rings (SSSR count). The van der Waals surface area contributed by atoms with Crippen LogP contribution in [0.2, 0.25) is 0 Å². The summed E-state index contributed by atoms with van der Waals surface area (Å²) in [5.74, 6) is 0.698. The maximum atomic E-state index is 5.11. The second kappa shape index (κ2) is 15.3. The lowest BCUT2D eigenvalue weighted by Gasteiger charge is -2.34. The van der Waals surface area contributed by atoms with E-state index in [0.29, 0.717) is 5.82 Å². The van der Waals surface area contributed by atoms with Gasteiger partial charge in [-0.15, -0.1) is 0 Å². The first-order valence-electron chi connectivity index (χ1n) is 20.7. The summed E-state index contributed by atoms with van der Waals surface area (Å²) >= 11 is 0. The van der Waals surface area contributed by atoms with E-state index in [2.05, 4.69) is 199 Å². The topological polar surface area (TPSA) is 38.7 Å². The Hall–Kier alpha value is -8.01. The normalized spacial score (nSPS) is 12.4. The Morgan fingerprint density at radius 2 is 0.754 bits per heavy atom. The number of aromatic nitrogens is 3. The number of hydrogen-bond acceptors (Lipinski definition) is 3. The minimum atomic E-state index is -0.442. The fraction of sp³-hybridized carbons (Fsp3) is 0.0172. The number of pyridine rings is 1. The number of rotatable bonds is 8.